The SMILES string of the molecule is CC(C)c1ccc(CC(=O)Nc2nc(-c3ccc4ccccc4c3)cs2)cc1. The zero-order chi connectivity index (χ0) is 19.5. The summed E-state index contributed by atoms with van der Waals surface area (Å²) in [6.45, 7) is 4.33. The molecule has 0 aliphatic carbocycles. The first kappa shape index (κ1) is 18.4. The summed E-state index contributed by atoms with van der Waals surface area (Å²) in [6, 6.07) is 22.8. The standard InChI is InChI=1S/C24H22N2OS/c1-16(2)18-9-7-17(8-10-18)13-23(27)26-24-25-22(15-28-24)21-12-11-19-5-3-4-6-20(19)14-21/h3-12,14-16H,13H2,1-2H3,(H,25,26,27). The van der Waals surface area contributed by atoms with E-state index in [4.69, 9.17) is 0 Å². The summed E-state index contributed by atoms with van der Waals surface area (Å²) in [7, 11) is 0. The fraction of sp³-hybridized carbons (Fsp3) is 0.167. The summed E-state index contributed by atoms with van der Waals surface area (Å²) in [6.07, 6.45) is 0.350. The van der Waals surface area contributed by atoms with Crippen LogP contribution in [0.4, 0.5) is 5.13 Å². The van der Waals surface area contributed by atoms with E-state index in [0.29, 0.717) is 17.5 Å². The van der Waals surface area contributed by atoms with Crippen LogP contribution in [0.5, 0.6) is 0 Å². The molecule has 0 fully saturated rings. The van der Waals surface area contributed by atoms with Gasteiger partial charge in [0.25, 0.3) is 0 Å². The number of carbonyl (C=O) groups excluding carboxylic acids is 1. The predicted octanol–water partition coefficient (Wildman–Crippen LogP) is 6.27. The van der Waals surface area contributed by atoms with Crippen LogP contribution in [0.25, 0.3) is 22.0 Å². The van der Waals surface area contributed by atoms with Crippen molar-refractivity contribution in [2.75, 3.05) is 5.32 Å². The molecular weight excluding hydrogens is 364 g/mol. The molecule has 0 atom stereocenters. The number of fused-ring (bicyclic) bond motifs is 1. The Labute approximate surface area is 169 Å². The molecule has 0 unspecified atom stereocenters. The Hall–Kier alpha value is -2.98. The molecule has 28 heavy (non-hydrogen) atoms. The molecule has 4 rings (SSSR count). The van der Waals surface area contributed by atoms with Crippen LogP contribution in [0, 0.1) is 0 Å². The van der Waals surface area contributed by atoms with Crippen molar-refractivity contribution >= 4 is 33.1 Å². The summed E-state index contributed by atoms with van der Waals surface area (Å²) >= 11 is 1.45. The highest BCUT2D eigenvalue weighted by atomic mass is 32.1. The summed E-state index contributed by atoms with van der Waals surface area (Å²) in [5.41, 5.74) is 4.23. The highest BCUT2D eigenvalue weighted by molar-refractivity contribution is 7.14. The minimum atomic E-state index is -0.0447. The molecule has 0 saturated carbocycles. The van der Waals surface area contributed by atoms with Crippen LogP contribution in [-0.2, 0) is 11.2 Å². The number of thiazole rings is 1. The number of hydrogen-bond donors (Lipinski definition) is 1. The van der Waals surface area contributed by atoms with Gasteiger partial charge in [0, 0.05) is 10.9 Å². The second-order valence-electron chi connectivity index (χ2n) is 7.22. The van der Waals surface area contributed by atoms with E-state index in [-0.39, 0.29) is 5.91 Å². The number of hydrogen-bond acceptors (Lipinski definition) is 3. The van der Waals surface area contributed by atoms with Gasteiger partial charge < -0.3 is 5.32 Å². The lowest BCUT2D eigenvalue weighted by Crippen LogP contribution is -2.14. The third kappa shape index (κ3) is 4.12. The second-order valence-corrected chi connectivity index (χ2v) is 8.08. The molecule has 140 valence electrons. The van der Waals surface area contributed by atoms with Gasteiger partial charge in [0.15, 0.2) is 5.13 Å². The summed E-state index contributed by atoms with van der Waals surface area (Å²) in [5.74, 6) is 0.448. The summed E-state index contributed by atoms with van der Waals surface area (Å²) in [4.78, 5) is 17.0. The van der Waals surface area contributed by atoms with Gasteiger partial charge in [-0.3, -0.25) is 4.79 Å². The molecule has 4 heteroatoms. The van der Waals surface area contributed by atoms with E-state index in [1.54, 1.807) is 0 Å². The molecule has 1 aromatic heterocycles. The molecule has 0 aliphatic rings. The molecule has 0 aliphatic heterocycles. The fourth-order valence-corrected chi connectivity index (χ4v) is 3.92. The number of rotatable bonds is 5. The first-order valence-corrected chi connectivity index (χ1v) is 10.3. The Morgan fingerprint density at radius 3 is 2.50 bits per heavy atom. The van der Waals surface area contributed by atoms with Gasteiger partial charge in [0.1, 0.15) is 0 Å². The third-order valence-corrected chi connectivity index (χ3v) is 5.56. The molecule has 0 saturated heterocycles. The Bertz CT molecular complexity index is 1110. The number of anilines is 1. The van der Waals surface area contributed by atoms with Crippen molar-refractivity contribution in [1.29, 1.82) is 0 Å². The minimum absolute atomic E-state index is 0.0447. The van der Waals surface area contributed by atoms with Crippen LogP contribution in [0.3, 0.4) is 0 Å². The van der Waals surface area contributed by atoms with Crippen LogP contribution in [0.15, 0.2) is 72.1 Å². The Balaban J connectivity index is 1.44. The number of benzene rings is 3. The summed E-state index contributed by atoms with van der Waals surface area (Å²) < 4.78 is 0. The second kappa shape index (κ2) is 7.95. The van der Waals surface area contributed by atoms with E-state index in [1.165, 1.54) is 27.7 Å². The van der Waals surface area contributed by atoms with Gasteiger partial charge in [-0.2, -0.15) is 0 Å². The van der Waals surface area contributed by atoms with E-state index >= 15 is 0 Å². The quantitative estimate of drug-likeness (QED) is 0.439. The van der Waals surface area contributed by atoms with E-state index in [1.807, 2.05) is 29.6 Å². The largest absolute Gasteiger partial charge is 0.302 e. The zero-order valence-corrected chi connectivity index (χ0v) is 16.8. The van der Waals surface area contributed by atoms with E-state index in [2.05, 4.69) is 66.6 Å². The molecule has 0 radical (unpaired) electrons. The lowest BCUT2D eigenvalue weighted by atomic mass is 10.0. The normalized spacial score (nSPS) is 11.1. The molecule has 0 bridgehead atoms. The number of carbonyl (C=O) groups is 1. The lowest BCUT2D eigenvalue weighted by Gasteiger charge is -2.07. The van der Waals surface area contributed by atoms with Gasteiger partial charge in [0.05, 0.1) is 12.1 Å². The number of aromatic nitrogens is 1. The molecule has 4 aromatic rings. The lowest BCUT2D eigenvalue weighted by molar-refractivity contribution is -0.115. The van der Waals surface area contributed by atoms with E-state index in [9.17, 15) is 4.79 Å². The zero-order valence-electron chi connectivity index (χ0n) is 16.0. The Kier molecular flexibility index (Phi) is 5.22. The monoisotopic (exact) mass is 386 g/mol. The minimum Gasteiger partial charge on any atom is -0.302 e. The van der Waals surface area contributed by atoms with Crippen molar-refractivity contribution in [3.8, 4) is 11.3 Å². The maximum atomic E-state index is 12.4. The number of amides is 1. The van der Waals surface area contributed by atoms with Gasteiger partial charge in [-0.25, -0.2) is 4.98 Å². The van der Waals surface area contributed by atoms with Gasteiger partial charge in [0.2, 0.25) is 5.91 Å². The molecule has 3 aromatic carbocycles. The average molecular weight is 387 g/mol. The van der Waals surface area contributed by atoms with Crippen molar-refractivity contribution < 1.29 is 4.79 Å². The maximum Gasteiger partial charge on any atom is 0.230 e. The van der Waals surface area contributed by atoms with E-state index in [0.717, 1.165) is 16.8 Å². The van der Waals surface area contributed by atoms with Crippen molar-refractivity contribution in [2.24, 2.45) is 0 Å². The van der Waals surface area contributed by atoms with Crippen molar-refractivity contribution in [3.63, 3.8) is 0 Å². The van der Waals surface area contributed by atoms with Crippen LogP contribution in [-0.4, -0.2) is 10.9 Å². The van der Waals surface area contributed by atoms with Crippen molar-refractivity contribution in [3.05, 3.63) is 83.2 Å². The summed E-state index contributed by atoms with van der Waals surface area (Å²) in [5, 5.41) is 7.93. The maximum absolute atomic E-state index is 12.4. The van der Waals surface area contributed by atoms with Crippen LogP contribution < -0.4 is 5.32 Å². The van der Waals surface area contributed by atoms with Crippen LogP contribution >= 0.6 is 11.3 Å². The smallest absolute Gasteiger partial charge is 0.230 e. The molecule has 1 heterocycles. The third-order valence-electron chi connectivity index (χ3n) is 4.81. The molecule has 0 spiro atoms. The van der Waals surface area contributed by atoms with Crippen LogP contribution in [0.2, 0.25) is 0 Å². The van der Waals surface area contributed by atoms with E-state index < -0.39 is 0 Å². The van der Waals surface area contributed by atoms with Gasteiger partial charge in [-0.05, 0) is 33.9 Å². The highest BCUT2D eigenvalue weighted by Gasteiger charge is 2.10. The predicted molar refractivity (Wildman–Crippen MR) is 118 cm³/mol. The fourth-order valence-electron chi connectivity index (χ4n) is 3.18. The Morgan fingerprint density at radius 2 is 1.75 bits per heavy atom. The van der Waals surface area contributed by atoms with Crippen LogP contribution in [0.1, 0.15) is 30.9 Å². The first-order valence-electron chi connectivity index (χ1n) is 9.42. The number of nitrogens with one attached hydrogen (secondary N) is 1. The van der Waals surface area contributed by atoms with Gasteiger partial charge in [-0.15, -0.1) is 11.3 Å². The Morgan fingerprint density at radius 1 is 1.00 bits per heavy atom. The van der Waals surface area contributed by atoms with Gasteiger partial charge >= 0.3 is 0 Å². The van der Waals surface area contributed by atoms with Gasteiger partial charge in [-0.1, -0.05) is 74.5 Å². The van der Waals surface area contributed by atoms with Crippen molar-refractivity contribution in [2.45, 2.75) is 26.2 Å². The topological polar surface area (TPSA) is 42.0 Å². The first-order chi connectivity index (χ1) is 13.6. The molecule has 1 N–H and O–H groups in total. The average Bonchev–Trinajstić information content (AvgIpc) is 3.16. The molecule has 3 nitrogen and oxygen atoms in total. The molecular formula is C24H22N2OS. The highest BCUT2D eigenvalue weighted by Crippen LogP contribution is 2.28. The number of nitrogens with zero attached hydrogens (tertiary/aromatic N) is 1. The molecule has 1 amide bonds. The van der Waals surface area contributed by atoms with Crippen molar-refractivity contribution in [1.82, 2.24) is 4.98 Å².